The number of nitrogens with zero attached hydrogens (tertiary/aromatic N) is 16. The molecule has 22 heteroatoms. The predicted molar refractivity (Wildman–Crippen MR) is 365 cm³/mol. The molecule has 97 heavy (non-hydrogen) atoms. The van der Waals surface area contributed by atoms with Gasteiger partial charge in [0.15, 0.2) is 0 Å². The third-order valence-electron chi connectivity index (χ3n) is 16.8. The van der Waals surface area contributed by atoms with E-state index in [2.05, 4.69) is 199 Å². The number of aromatic nitrogens is 16. The molecule has 0 N–H and O–H groups in total. The summed E-state index contributed by atoms with van der Waals surface area (Å²) in [4.78, 5) is 35.4. The van der Waals surface area contributed by atoms with Crippen molar-refractivity contribution in [2.75, 3.05) is 0 Å². The van der Waals surface area contributed by atoms with Crippen LogP contribution in [-0.2, 0) is 121 Å². The van der Waals surface area contributed by atoms with Crippen LogP contribution in [0.1, 0.15) is 27.9 Å². The molecule has 0 fully saturated rings. The van der Waals surface area contributed by atoms with Crippen LogP contribution < -0.4 is 30.4 Å². The molecule has 0 saturated heterocycles. The predicted octanol–water partition coefficient (Wildman–Crippen LogP) is 15.5. The third-order valence-corrected chi connectivity index (χ3v) is 16.8. The third kappa shape index (κ3) is 14.1. The number of fused-ring (bicyclic) bond motifs is 22. The summed E-state index contributed by atoms with van der Waals surface area (Å²) in [5, 5.41) is 49.5. The van der Waals surface area contributed by atoms with Crippen molar-refractivity contribution in [3.05, 3.63) is 254 Å². The van der Waals surface area contributed by atoms with Crippen molar-refractivity contribution in [3.63, 3.8) is 0 Å². The van der Waals surface area contributed by atoms with Gasteiger partial charge in [-0.3, -0.25) is 29.9 Å². The maximum Gasteiger partial charge on any atom is 0.0575 e. The molecule has 8 aromatic carbocycles. The minimum Gasteiger partial charge on any atom is -0.662 e. The van der Waals surface area contributed by atoms with Crippen LogP contribution in [0, 0.1) is 34.6 Å². The molecule has 12 aromatic heterocycles. The van der Waals surface area contributed by atoms with Gasteiger partial charge in [0.1, 0.15) is 0 Å². The fraction of sp³-hybridized carbons (Fsp3) is 0.0667. The van der Waals surface area contributed by atoms with Crippen molar-refractivity contribution in [2.24, 2.45) is 0 Å². The van der Waals surface area contributed by atoms with Crippen molar-refractivity contribution in [2.45, 2.75) is 34.6 Å². The average molecular weight is 2330 g/mol. The SMILES string of the molecule is Cc1c(C)c2cn[n-]c2c2ncccc12.Cc1cc2cccnc2c2[n-]ncc12.Cc1cc2cn[n-]c2c2ncccc12.Cc1n[n-]c2c1ccc1cccnc12.[Ir].[Ir].[Ir].[Ir].[Ir].[Ir].c1ccc2c(c1)cnc1c2ccc2cc[n-]c21.c1cnc2c(c1)ccc1c3ccccc3[n-]c12. The Labute approximate surface area is 635 Å². The molecule has 0 aliphatic rings. The summed E-state index contributed by atoms with van der Waals surface area (Å²) in [5.41, 5.74) is 18.3. The zero-order chi connectivity index (χ0) is 61.5. The first kappa shape index (κ1) is 72.9. The molecule has 0 amide bonds. The Kier molecular flexibility index (Phi) is 23.9. The first-order valence-electron chi connectivity index (χ1n) is 29.6. The summed E-state index contributed by atoms with van der Waals surface area (Å²) < 4.78 is 0. The summed E-state index contributed by atoms with van der Waals surface area (Å²) in [6.07, 6.45) is 18.1. The molecule has 0 saturated carbocycles. The van der Waals surface area contributed by atoms with Gasteiger partial charge in [-0.2, -0.15) is 6.20 Å². The van der Waals surface area contributed by atoms with E-state index in [0.29, 0.717) is 0 Å². The van der Waals surface area contributed by atoms with Gasteiger partial charge in [0, 0.05) is 204 Å². The number of benzene rings is 8. The van der Waals surface area contributed by atoms with Crippen LogP contribution in [-0.4, -0.2) is 50.3 Å². The summed E-state index contributed by atoms with van der Waals surface area (Å²) in [5.74, 6) is 0. The van der Waals surface area contributed by atoms with E-state index in [-0.39, 0.29) is 121 Å². The van der Waals surface area contributed by atoms with E-state index < -0.39 is 0 Å². The molecule has 0 unspecified atom stereocenters. The van der Waals surface area contributed by atoms with Crippen LogP contribution in [0.5, 0.6) is 0 Å². The van der Waals surface area contributed by atoms with E-state index in [1.807, 2.05) is 105 Å². The monoisotopic (exact) mass is 2330 g/mol. The zero-order valence-corrected chi connectivity index (χ0v) is 66.4. The molecule has 0 aliphatic heterocycles. The standard InChI is InChI=1S/2C15H9N2.C12H10N3.3C11H8N3.6Ir/c1-2-6-13-11(5-1)12-8-7-10-4-3-9-16-14(10)15(12)17-13;1-2-4-12-11(3-1)9-17-15-13(12)6-5-10-7-8-16-14(10)15;1-7-8(2)10-6-14-15-12(10)11-9(7)4-3-5-13-11;1-7-9-5-4-8-3-2-6-12-10(8)11(9)14-13-7;1-7-5-8-6-13-14-10(8)11-9(7)3-2-4-12-11;1-7-5-8-3-2-4-12-10(8)11-9(7)6-13-14-11;;;;;;/h2*1-9H;3-6H,1-2H3;3*2-6H,1H3;;;;;;/q6*-1;;;;;;. The van der Waals surface area contributed by atoms with Crippen LogP contribution >= 0.6 is 0 Å². The quantitative estimate of drug-likeness (QED) is 0.129. The van der Waals surface area contributed by atoms with Crippen LogP contribution in [0.2, 0.25) is 0 Å². The summed E-state index contributed by atoms with van der Waals surface area (Å²) in [6, 6.07) is 55.4. The molecule has 0 bridgehead atoms. The van der Waals surface area contributed by atoms with Crippen LogP contribution in [0.15, 0.2) is 226 Å². The smallest absolute Gasteiger partial charge is 0.0575 e. The number of para-hydroxylation sites is 1. The van der Waals surface area contributed by atoms with Gasteiger partial charge in [-0.15, -0.1) is 16.6 Å². The second-order valence-electron chi connectivity index (χ2n) is 22.2. The normalized spacial score (nSPS) is 10.6. The topological polar surface area (TPSA) is 213 Å². The zero-order valence-electron chi connectivity index (χ0n) is 52.0. The minimum absolute atomic E-state index is 0. The largest absolute Gasteiger partial charge is 0.662 e. The van der Waals surface area contributed by atoms with Gasteiger partial charge >= 0.3 is 0 Å². The van der Waals surface area contributed by atoms with Crippen molar-refractivity contribution in [1.29, 1.82) is 0 Å². The molecule has 20 aromatic rings. The second kappa shape index (κ2) is 31.9. The van der Waals surface area contributed by atoms with E-state index in [0.717, 1.165) is 126 Å². The van der Waals surface area contributed by atoms with Gasteiger partial charge in [-0.05, 0) is 153 Å². The first-order valence-corrected chi connectivity index (χ1v) is 29.6. The van der Waals surface area contributed by atoms with E-state index in [1.165, 1.54) is 54.6 Å². The van der Waals surface area contributed by atoms with Crippen LogP contribution in [0.25, 0.3) is 153 Å². The molecular formula is C75H52Ir6N16-6. The maximum atomic E-state index is 4.68. The summed E-state index contributed by atoms with van der Waals surface area (Å²) in [7, 11) is 0. The Morgan fingerprint density at radius 1 is 0.278 bits per heavy atom. The summed E-state index contributed by atoms with van der Waals surface area (Å²) in [6.45, 7) is 10.3. The Morgan fingerprint density at radius 2 is 0.753 bits per heavy atom. The first-order chi connectivity index (χ1) is 44.7. The Balaban J connectivity index is 0.000000135. The van der Waals surface area contributed by atoms with Gasteiger partial charge in [0.2, 0.25) is 0 Å². The molecule has 12 heterocycles. The molecule has 0 atom stereocenters. The Morgan fingerprint density at radius 3 is 1.47 bits per heavy atom. The fourth-order valence-electron chi connectivity index (χ4n) is 12.0. The summed E-state index contributed by atoms with van der Waals surface area (Å²) >= 11 is 0. The van der Waals surface area contributed by atoms with E-state index >= 15 is 0 Å². The van der Waals surface area contributed by atoms with Crippen LogP contribution in [0.4, 0.5) is 0 Å². The molecule has 6 radical (unpaired) electrons. The van der Waals surface area contributed by atoms with Gasteiger partial charge in [0.05, 0.1) is 33.1 Å². The van der Waals surface area contributed by atoms with E-state index in [9.17, 15) is 0 Å². The Bertz CT molecular complexity index is 6060. The number of aryl methyl sites for hydroxylation is 5. The van der Waals surface area contributed by atoms with Crippen molar-refractivity contribution in [3.8, 4) is 0 Å². The molecule has 16 nitrogen and oxygen atoms in total. The molecule has 0 aliphatic carbocycles. The minimum atomic E-state index is 0. The number of hydrogen-bond donors (Lipinski definition) is 0. The molecular weight excluding hydrogens is 2280 g/mol. The number of hydrogen-bond acceptors (Lipinski definition) is 10. The maximum absolute atomic E-state index is 4.68. The van der Waals surface area contributed by atoms with Crippen molar-refractivity contribution in [1.82, 2.24) is 80.7 Å². The number of pyridine rings is 6. The fourth-order valence-corrected chi connectivity index (χ4v) is 12.0. The Hall–Kier alpha value is -8.40. The van der Waals surface area contributed by atoms with Gasteiger partial charge in [0.25, 0.3) is 0 Å². The van der Waals surface area contributed by atoms with E-state index in [1.54, 1.807) is 37.2 Å². The molecule has 20 rings (SSSR count). The van der Waals surface area contributed by atoms with Crippen molar-refractivity contribution >= 4 is 153 Å². The molecule has 0 spiro atoms. The van der Waals surface area contributed by atoms with Gasteiger partial charge in [-0.25, -0.2) is 0 Å². The van der Waals surface area contributed by atoms with Gasteiger partial charge in [-0.1, -0.05) is 149 Å². The van der Waals surface area contributed by atoms with Gasteiger partial charge < -0.3 is 50.8 Å². The van der Waals surface area contributed by atoms with Crippen molar-refractivity contribution < 1.29 is 121 Å². The van der Waals surface area contributed by atoms with Crippen LogP contribution in [0.3, 0.4) is 0 Å². The average Bonchev–Trinajstić information content (AvgIpc) is 1.59. The second-order valence-corrected chi connectivity index (χ2v) is 22.2. The number of rotatable bonds is 0. The van der Waals surface area contributed by atoms with E-state index in [4.69, 9.17) is 0 Å². The molecule has 492 valence electrons.